The minimum Gasteiger partial charge on any atom is -0.308 e. The molecule has 0 spiro atoms. The monoisotopic (exact) mass is 439 g/mol. The molecule has 32 heavy (non-hydrogen) atoms. The molecule has 1 saturated carbocycles. The van der Waals surface area contributed by atoms with Gasteiger partial charge < -0.3 is 5.32 Å². The summed E-state index contributed by atoms with van der Waals surface area (Å²) in [5, 5.41) is 16.3. The van der Waals surface area contributed by atoms with Crippen LogP contribution in [0.2, 0.25) is 0 Å². The number of hydrogen-bond acceptors (Lipinski definition) is 6. The third kappa shape index (κ3) is 4.89. The Morgan fingerprint density at radius 3 is 2.81 bits per heavy atom. The maximum Gasteiger partial charge on any atom is 0.250 e. The fourth-order valence-corrected chi connectivity index (χ4v) is 4.83. The van der Waals surface area contributed by atoms with E-state index in [9.17, 15) is 19.6 Å². The van der Waals surface area contributed by atoms with Gasteiger partial charge in [-0.1, -0.05) is 49.9 Å². The van der Waals surface area contributed by atoms with Crippen LogP contribution in [0.15, 0.2) is 36.5 Å². The Balaban J connectivity index is 1.49. The molecule has 1 aliphatic carbocycles. The van der Waals surface area contributed by atoms with Gasteiger partial charge in [-0.05, 0) is 30.2 Å². The normalized spacial score (nSPS) is 19.8. The molecule has 170 valence electrons. The molecule has 0 bridgehead atoms. The summed E-state index contributed by atoms with van der Waals surface area (Å²) < 4.78 is 0. The minimum absolute atomic E-state index is 0.0871. The van der Waals surface area contributed by atoms with E-state index < -0.39 is 12.0 Å². The largest absolute Gasteiger partial charge is 0.308 e. The molecule has 4 rings (SSSR count). The number of amides is 3. The third-order valence-electron chi connectivity index (χ3n) is 6.44. The average Bonchev–Trinajstić information content (AvgIpc) is 3.50. The summed E-state index contributed by atoms with van der Waals surface area (Å²) in [5.74, 6) is -0.328. The Morgan fingerprint density at radius 1 is 1.25 bits per heavy atom. The predicted molar refractivity (Wildman–Crippen MR) is 118 cm³/mol. The Hall–Kier alpha value is -3.04. The maximum atomic E-state index is 13.4. The van der Waals surface area contributed by atoms with Gasteiger partial charge in [0, 0.05) is 18.1 Å². The average molecular weight is 440 g/mol. The van der Waals surface area contributed by atoms with Gasteiger partial charge in [0.05, 0.1) is 12.5 Å². The summed E-state index contributed by atoms with van der Waals surface area (Å²) in [7, 11) is 0. The van der Waals surface area contributed by atoms with Crippen molar-refractivity contribution in [2.24, 2.45) is 11.8 Å². The molecule has 0 radical (unpaired) electrons. The molecule has 1 aromatic carbocycles. The van der Waals surface area contributed by atoms with E-state index in [-0.39, 0.29) is 18.4 Å². The number of pyridine rings is 1. The minimum atomic E-state index is -0.697. The topological polar surface area (TPSA) is 115 Å². The van der Waals surface area contributed by atoms with Gasteiger partial charge in [0.25, 0.3) is 0 Å². The van der Waals surface area contributed by atoms with Crippen molar-refractivity contribution in [1.82, 2.24) is 20.5 Å². The van der Waals surface area contributed by atoms with E-state index in [0.717, 1.165) is 36.5 Å². The number of hydrazine groups is 1. The molecule has 1 aliphatic heterocycles. The smallest absolute Gasteiger partial charge is 0.250 e. The van der Waals surface area contributed by atoms with Gasteiger partial charge in [0.2, 0.25) is 18.2 Å². The van der Waals surface area contributed by atoms with E-state index >= 15 is 0 Å². The second-order valence-corrected chi connectivity index (χ2v) is 8.60. The number of nitrogens with zero attached hydrogens (tertiary/aromatic N) is 3. The number of anilines is 1. The molecule has 3 N–H and O–H groups in total. The summed E-state index contributed by atoms with van der Waals surface area (Å²) >= 11 is 0. The van der Waals surface area contributed by atoms with Gasteiger partial charge in [0.1, 0.15) is 11.9 Å². The summed E-state index contributed by atoms with van der Waals surface area (Å²) in [6.45, 7) is 0.399. The second kappa shape index (κ2) is 10.1. The highest BCUT2D eigenvalue weighted by molar-refractivity contribution is 6.03. The molecule has 3 amide bonds. The van der Waals surface area contributed by atoms with Crippen molar-refractivity contribution in [3.8, 4) is 0 Å². The van der Waals surface area contributed by atoms with E-state index in [1.54, 1.807) is 6.20 Å². The molecule has 1 aromatic heterocycles. The zero-order valence-electron chi connectivity index (χ0n) is 17.9. The molecule has 2 atom stereocenters. The lowest BCUT2D eigenvalue weighted by atomic mass is 9.92. The molecule has 2 aliphatic rings. The Morgan fingerprint density at radius 2 is 2.03 bits per heavy atom. The highest BCUT2D eigenvalue weighted by Crippen LogP contribution is 2.32. The summed E-state index contributed by atoms with van der Waals surface area (Å²) in [6, 6.07) is 8.82. The zero-order valence-corrected chi connectivity index (χ0v) is 17.9. The standard InChI is InChI=1S/C23H29N5O4/c29-15-27(32)14-18(13-16-5-1-2-6-16)23(31)28-20(10-12-25-28)22(30)26-21-19-8-4-3-7-17(19)9-11-24-21/h3-4,7-9,11,15-16,18,20,25,32H,1-2,5-6,10,12-14H2,(H,24,26,30). The van der Waals surface area contributed by atoms with Crippen molar-refractivity contribution in [1.29, 1.82) is 0 Å². The molecule has 2 aromatic rings. The van der Waals surface area contributed by atoms with Crippen LogP contribution in [-0.2, 0) is 14.4 Å². The fraction of sp³-hybridized carbons (Fsp3) is 0.478. The lowest BCUT2D eigenvalue weighted by Crippen LogP contribution is -2.51. The highest BCUT2D eigenvalue weighted by Gasteiger charge is 2.39. The van der Waals surface area contributed by atoms with Crippen LogP contribution in [0.4, 0.5) is 5.82 Å². The predicted octanol–water partition coefficient (Wildman–Crippen LogP) is 2.32. The first kappa shape index (κ1) is 22.2. The molecular formula is C23H29N5O4. The lowest BCUT2D eigenvalue weighted by molar-refractivity contribution is -0.159. The molecular weight excluding hydrogens is 410 g/mol. The van der Waals surface area contributed by atoms with Crippen LogP contribution < -0.4 is 10.7 Å². The van der Waals surface area contributed by atoms with Crippen LogP contribution in [0, 0.1) is 11.8 Å². The summed E-state index contributed by atoms with van der Waals surface area (Å²) in [6.07, 6.45) is 7.35. The van der Waals surface area contributed by atoms with Crippen molar-refractivity contribution in [2.75, 3.05) is 18.4 Å². The van der Waals surface area contributed by atoms with Crippen LogP contribution in [0.3, 0.4) is 0 Å². The van der Waals surface area contributed by atoms with Crippen molar-refractivity contribution in [2.45, 2.75) is 44.6 Å². The lowest BCUT2D eigenvalue weighted by Gasteiger charge is -2.29. The van der Waals surface area contributed by atoms with Crippen molar-refractivity contribution < 1.29 is 19.6 Å². The third-order valence-corrected chi connectivity index (χ3v) is 6.44. The van der Waals surface area contributed by atoms with E-state index in [0.29, 0.717) is 42.6 Å². The quantitative estimate of drug-likeness (QED) is 0.330. The molecule has 2 fully saturated rings. The number of hydrogen-bond donors (Lipinski definition) is 3. The number of carbonyl (C=O) groups excluding carboxylic acids is 3. The Bertz CT molecular complexity index is 973. The zero-order chi connectivity index (χ0) is 22.5. The molecule has 2 heterocycles. The molecule has 1 saturated heterocycles. The van der Waals surface area contributed by atoms with E-state index in [2.05, 4.69) is 15.7 Å². The van der Waals surface area contributed by atoms with Gasteiger partial charge in [-0.3, -0.25) is 24.6 Å². The van der Waals surface area contributed by atoms with Crippen LogP contribution in [0.1, 0.15) is 38.5 Å². The first-order valence-corrected chi connectivity index (χ1v) is 11.2. The first-order chi connectivity index (χ1) is 15.6. The molecule has 9 heteroatoms. The number of carbonyl (C=O) groups is 3. The van der Waals surface area contributed by atoms with Crippen molar-refractivity contribution in [3.05, 3.63) is 36.5 Å². The summed E-state index contributed by atoms with van der Waals surface area (Å²) in [5.41, 5.74) is 3.02. The van der Waals surface area contributed by atoms with Crippen LogP contribution in [0.5, 0.6) is 0 Å². The van der Waals surface area contributed by atoms with Gasteiger partial charge in [-0.25, -0.2) is 15.5 Å². The second-order valence-electron chi connectivity index (χ2n) is 8.60. The highest BCUT2D eigenvalue weighted by atomic mass is 16.5. The van der Waals surface area contributed by atoms with E-state index in [4.69, 9.17) is 0 Å². The maximum absolute atomic E-state index is 13.4. The van der Waals surface area contributed by atoms with Crippen LogP contribution in [-0.4, -0.2) is 57.6 Å². The summed E-state index contributed by atoms with van der Waals surface area (Å²) in [4.78, 5) is 41.8. The van der Waals surface area contributed by atoms with Crippen LogP contribution >= 0.6 is 0 Å². The van der Waals surface area contributed by atoms with Gasteiger partial charge in [0.15, 0.2) is 0 Å². The Kier molecular flexibility index (Phi) is 6.96. The van der Waals surface area contributed by atoms with Crippen LogP contribution in [0.25, 0.3) is 10.8 Å². The molecule has 2 unspecified atom stereocenters. The van der Waals surface area contributed by atoms with E-state index in [1.165, 1.54) is 5.01 Å². The number of hydroxylamine groups is 2. The molecule has 9 nitrogen and oxygen atoms in total. The SMILES string of the molecule is O=CN(O)CC(CC1CCCC1)C(=O)N1NCCC1C(=O)Nc1nccc2ccccc12. The Labute approximate surface area is 186 Å². The number of benzene rings is 1. The fourth-order valence-electron chi connectivity index (χ4n) is 4.83. The number of rotatable bonds is 8. The number of fused-ring (bicyclic) bond motifs is 1. The van der Waals surface area contributed by atoms with Gasteiger partial charge >= 0.3 is 0 Å². The van der Waals surface area contributed by atoms with Gasteiger partial charge in [-0.15, -0.1) is 0 Å². The van der Waals surface area contributed by atoms with Crippen molar-refractivity contribution >= 4 is 34.8 Å². The van der Waals surface area contributed by atoms with E-state index in [1.807, 2.05) is 30.3 Å². The number of aromatic nitrogens is 1. The van der Waals surface area contributed by atoms with Gasteiger partial charge in [-0.2, -0.15) is 0 Å². The number of nitrogens with one attached hydrogen (secondary N) is 2. The first-order valence-electron chi connectivity index (χ1n) is 11.2. The van der Waals surface area contributed by atoms with Crippen molar-refractivity contribution in [3.63, 3.8) is 0 Å².